The molecule has 0 fully saturated rings. The molecular weight excluding hydrogens is 200 g/mol. The molecule has 1 N–H and O–H groups in total. The first-order chi connectivity index (χ1) is 7.67. The van der Waals surface area contributed by atoms with Crippen LogP contribution in [0.1, 0.15) is 12.5 Å². The Balaban J connectivity index is 2.88. The summed E-state index contributed by atoms with van der Waals surface area (Å²) in [5.74, 6) is 0.877. The maximum absolute atomic E-state index is 9.20. The largest absolute Gasteiger partial charge is 0.508 e. The smallest absolute Gasteiger partial charge is 0.115 e. The molecule has 0 unspecified atom stereocenters. The summed E-state index contributed by atoms with van der Waals surface area (Å²) in [5.41, 5.74) is 2.10. The molecular formula is C14H16O2. The molecule has 0 radical (unpaired) electrons. The minimum Gasteiger partial charge on any atom is -0.508 e. The summed E-state index contributed by atoms with van der Waals surface area (Å²) in [6.07, 6.45) is 5.73. The number of hydrogen-bond donors (Lipinski definition) is 1. The molecule has 0 saturated heterocycles. The van der Waals surface area contributed by atoms with E-state index >= 15 is 0 Å². The van der Waals surface area contributed by atoms with E-state index in [2.05, 4.69) is 6.58 Å². The fraction of sp³-hybridized carbons (Fsp3) is 0.143. The first kappa shape index (κ1) is 12.1. The Morgan fingerprint density at radius 3 is 2.38 bits per heavy atom. The molecule has 0 spiro atoms. The number of rotatable bonds is 4. The van der Waals surface area contributed by atoms with Gasteiger partial charge in [-0.05, 0) is 36.3 Å². The molecule has 0 bridgehead atoms. The van der Waals surface area contributed by atoms with Gasteiger partial charge in [-0.15, -0.1) is 0 Å². The highest BCUT2D eigenvalue weighted by atomic mass is 16.5. The van der Waals surface area contributed by atoms with Crippen molar-refractivity contribution < 1.29 is 9.84 Å². The summed E-state index contributed by atoms with van der Waals surface area (Å²) in [6.45, 7) is 5.67. The second-order valence-corrected chi connectivity index (χ2v) is 3.29. The number of phenols is 1. The van der Waals surface area contributed by atoms with E-state index in [0.29, 0.717) is 5.76 Å². The minimum atomic E-state index is 0.268. The van der Waals surface area contributed by atoms with Crippen molar-refractivity contribution in [3.63, 3.8) is 0 Å². The number of allylic oxidation sites excluding steroid dienone is 4. The van der Waals surface area contributed by atoms with Crippen LogP contribution < -0.4 is 0 Å². The first-order valence-corrected chi connectivity index (χ1v) is 5.04. The lowest BCUT2D eigenvalue weighted by Gasteiger charge is -2.03. The number of hydrogen-bond acceptors (Lipinski definition) is 2. The van der Waals surface area contributed by atoms with Crippen LogP contribution in [0.25, 0.3) is 5.57 Å². The fourth-order valence-corrected chi connectivity index (χ4v) is 1.26. The molecule has 16 heavy (non-hydrogen) atoms. The van der Waals surface area contributed by atoms with Crippen LogP contribution in [0.5, 0.6) is 5.75 Å². The molecule has 0 heterocycles. The van der Waals surface area contributed by atoms with Crippen molar-refractivity contribution in [3.05, 3.63) is 60.4 Å². The van der Waals surface area contributed by atoms with Crippen LogP contribution in [-0.2, 0) is 4.74 Å². The van der Waals surface area contributed by atoms with Gasteiger partial charge in [-0.2, -0.15) is 0 Å². The third-order valence-electron chi connectivity index (χ3n) is 2.22. The quantitative estimate of drug-likeness (QED) is 0.616. The molecule has 0 amide bonds. The number of ether oxygens (including phenoxy) is 1. The predicted molar refractivity (Wildman–Crippen MR) is 67.0 cm³/mol. The van der Waals surface area contributed by atoms with E-state index in [9.17, 15) is 5.11 Å². The second-order valence-electron chi connectivity index (χ2n) is 3.29. The first-order valence-electron chi connectivity index (χ1n) is 5.04. The van der Waals surface area contributed by atoms with Gasteiger partial charge in [0.1, 0.15) is 11.5 Å². The lowest BCUT2D eigenvalue weighted by Crippen LogP contribution is -1.82. The Hall–Kier alpha value is -1.96. The van der Waals surface area contributed by atoms with E-state index in [0.717, 1.165) is 11.1 Å². The normalized spacial score (nSPS) is 11.8. The lowest BCUT2D eigenvalue weighted by molar-refractivity contribution is 0.309. The lowest BCUT2D eigenvalue weighted by atomic mass is 10.1. The highest BCUT2D eigenvalue weighted by molar-refractivity contribution is 5.74. The summed E-state index contributed by atoms with van der Waals surface area (Å²) >= 11 is 0. The monoisotopic (exact) mass is 216 g/mol. The predicted octanol–water partition coefficient (Wildman–Crippen LogP) is 3.51. The molecule has 1 aromatic rings. The standard InChI is InChI=1S/C14H16O2/c1-4-12(6-5-11(2)16-3)13-7-9-14(15)10-8-13/h4-10,15H,2H2,1,3H3/b6-5-,12-4+. The van der Waals surface area contributed by atoms with E-state index in [1.807, 2.05) is 37.3 Å². The van der Waals surface area contributed by atoms with Crippen molar-refractivity contribution in [2.24, 2.45) is 0 Å². The molecule has 2 nitrogen and oxygen atoms in total. The SMILES string of the molecule is C=C(/C=C\C(=C/C)c1ccc(O)cc1)OC. The Kier molecular flexibility index (Phi) is 4.40. The number of phenolic OH excluding ortho intramolecular Hbond substituents is 1. The minimum absolute atomic E-state index is 0.268. The van der Waals surface area contributed by atoms with E-state index in [1.165, 1.54) is 0 Å². The molecule has 1 rings (SSSR count). The molecule has 84 valence electrons. The van der Waals surface area contributed by atoms with Gasteiger partial charge in [0.25, 0.3) is 0 Å². The molecule has 0 aromatic heterocycles. The van der Waals surface area contributed by atoms with Crippen LogP contribution in [0.3, 0.4) is 0 Å². The summed E-state index contributed by atoms with van der Waals surface area (Å²) in [6, 6.07) is 7.06. The highest BCUT2D eigenvalue weighted by Gasteiger charge is 1.97. The number of methoxy groups -OCH3 is 1. The van der Waals surface area contributed by atoms with Gasteiger partial charge in [0.05, 0.1) is 7.11 Å². The Bertz CT molecular complexity index is 411. The van der Waals surface area contributed by atoms with Crippen molar-refractivity contribution in [2.75, 3.05) is 7.11 Å². The second kappa shape index (κ2) is 5.81. The van der Waals surface area contributed by atoms with Gasteiger partial charge in [0.2, 0.25) is 0 Å². The van der Waals surface area contributed by atoms with Gasteiger partial charge in [-0.25, -0.2) is 0 Å². The maximum atomic E-state index is 9.20. The van der Waals surface area contributed by atoms with Gasteiger partial charge < -0.3 is 9.84 Å². The fourth-order valence-electron chi connectivity index (χ4n) is 1.26. The van der Waals surface area contributed by atoms with Crippen LogP contribution in [0.4, 0.5) is 0 Å². The maximum Gasteiger partial charge on any atom is 0.115 e. The molecule has 0 saturated carbocycles. The number of aromatic hydroxyl groups is 1. The molecule has 0 aliphatic carbocycles. The summed E-state index contributed by atoms with van der Waals surface area (Å²) < 4.78 is 4.95. The van der Waals surface area contributed by atoms with Gasteiger partial charge in [-0.3, -0.25) is 0 Å². The zero-order valence-corrected chi connectivity index (χ0v) is 9.60. The van der Waals surface area contributed by atoms with Crippen LogP contribution in [0, 0.1) is 0 Å². The van der Waals surface area contributed by atoms with Crippen LogP contribution in [0.2, 0.25) is 0 Å². The van der Waals surface area contributed by atoms with Crippen LogP contribution in [-0.4, -0.2) is 12.2 Å². The van der Waals surface area contributed by atoms with Gasteiger partial charge in [-0.1, -0.05) is 30.9 Å². The Morgan fingerprint density at radius 1 is 1.25 bits per heavy atom. The van der Waals surface area contributed by atoms with Gasteiger partial charge in [0.15, 0.2) is 0 Å². The molecule has 0 aliphatic heterocycles. The average Bonchev–Trinajstić information content (AvgIpc) is 2.31. The van der Waals surface area contributed by atoms with Gasteiger partial charge >= 0.3 is 0 Å². The van der Waals surface area contributed by atoms with E-state index in [4.69, 9.17) is 4.74 Å². The highest BCUT2D eigenvalue weighted by Crippen LogP contribution is 2.19. The summed E-state index contributed by atoms with van der Waals surface area (Å²) in [5, 5.41) is 9.20. The Labute approximate surface area is 96.2 Å². The van der Waals surface area contributed by atoms with Gasteiger partial charge in [0, 0.05) is 0 Å². The number of benzene rings is 1. The zero-order chi connectivity index (χ0) is 12.0. The Morgan fingerprint density at radius 2 is 1.88 bits per heavy atom. The molecule has 0 aliphatic rings. The molecule has 2 heteroatoms. The molecule has 0 atom stereocenters. The summed E-state index contributed by atoms with van der Waals surface area (Å²) in [4.78, 5) is 0. The third kappa shape index (κ3) is 3.31. The van der Waals surface area contributed by atoms with Crippen molar-refractivity contribution >= 4 is 5.57 Å². The van der Waals surface area contributed by atoms with E-state index in [1.54, 1.807) is 19.2 Å². The average molecular weight is 216 g/mol. The van der Waals surface area contributed by atoms with E-state index in [-0.39, 0.29) is 5.75 Å². The van der Waals surface area contributed by atoms with Crippen LogP contribution >= 0.6 is 0 Å². The third-order valence-corrected chi connectivity index (χ3v) is 2.22. The van der Waals surface area contributed by atoms with E-state index < -0.39 is 0 Å². The molecule has 1 aromatic carbocycles. The zero-order valence-electron chi connectivity index (χ0n) is 9.60. The van der Waals surface area contributed by atoms with Crippen molar-refractivity contribution in [2.45, 2.75) is 6.92 Å². The summed E-state index contributed by atoms with van der Waals surface area (Å²) in [7, 11) is 1.59. The van der Waals surface area contributed by atoms with Crippen LogP contribution in [0.15, 0.2) is 54.8 Å². The topological polar surface area (TPSA) is 29.5 Å². The van der Waals surface area contributed by atoms with Crippen molar-refractivity contribution in [1.82, 2.24) is 0 Å². The van der Waals surface area contributed by atoms with Crippen molar-refractivity contribution in [1.29, 1.82) is 0 Å². The van der Waals surface area contributed by atoms with Crippen molar-refractivity contribution in [3.8, 4) is 5.75 Å².